The summed E-state index contributed by atoms with van der Waals surface area (Å²) in [6, 6.07) is 1.48. The lowest BCUT2D eigenvalue weighted by molar-refractivity contribution is 0.0718. The van der Waals surface area contributed by atoms with Crippen molar-refractivity contribution in [3.63, 3.8) is 0 Å². The number of rotatable bonds is 23. The molecular weight excluding hydrogens is 614 g/mol. The number of imidazole rings is 1. The largest absolute Gasteiger partial charge is 0.382 e. The molecule has 0 aliphatic carbocycles. The summed E-state index contributed by atoms with van der Waals surface area (Å²) in [5, 5.41) is 0. The third kappa shape index (κ3) is 13.0. The molecule has 1 aromatic carbocycles. The quantitative estimate of drug-likeness (QED) is 0.0780. The van der Waals surface area contributed by atoms with E-state index in [1.807, 2.05) is 11.8 Å². The van der Waals surface area contributed by atoms with Crippen LogP contribution in [0.4, 0.5) is 19.0 Å². The molecule has 3 rings (SSSR count). The molecule has 1 unspecified atom stereocenters. The van der Waals surface area contributed by atoms with Gasteiger partial charge in [-0.25, -0.2) is 28.1 Å². The van der Waals surface area contributed by atoms with E-state index in [0.717, 1.165) is 49.3 Å². The van der Waals surface area contributed by atoms with E-state index in [9.17, 15) is 22.6 Å². The number of fused-ring (bicyclic) bond motifs is 1. The summed E-state index contributed by atoms with van der Waals surface area (Å²) in [6.45, 7) is 2.39. The van der Waals surface area contributed by atoms with E-state index in [1.54, 1.807) is 17.8 Å². The van der Waals surface area contributed by atoms with Crippen LogP contribution < -0.4 is 5.73 Å². The Hall–Kier alpha value is -2.18. The monoisotopic (exact) mass is 659 g/mol. The lowest BCUT2D eigenvalue weighted by Gasteiger charge is -2.17. The maximum absolute atomic E-state index is 13.7. The van der Waals surface area contributed by atoms with Crippen molar-refractivity contribution in [2.45, 2.75) is 96.6 Å². The summed E-state index contributed by atoms with van der Waals surface area (Å²) >= 11 is 1.83. The molecule has 0 fully saturated rings. The van der Waals surface area contributed by atoms with Crippen molar-refractivity contribution in [3.8, 4) is 0 Å². The normalized spacial score (nSPS) is 13.8. The minimum atomic E-state index is -3.84. The van der Waals surface area contributed by atoms with Crippen LogP contribution in [0.3, 0.4) is 0 Å². The first-order valence-corrected chi connectivity index (χ1v) is 18.3. The van der Waals surface area contributed by atoms with Crippen molar-refractivity contribution in [1.82, 2.24) is 19.5 Å². The summed E-state index contributed by atoms with van der Waals surface area (Å²) in [4.78, 5) is 22.4. The highest BCUT2D eigenvalue weighted by Crippen LogP contribution is 2.42. The number of hydrogen-bond acceptors (Lipinski definition) is 8. The van der Waals surface area contributed by atoms with E-state index in [4.69, 9.17) is 15.0 Å². The van der Waals surface area contributed by atoms with Gasteiger partial charge >= 0.3 is 7.60 Å². The van der Waals surface area contributed by atoms with Gasteiger partial charge < -0.3 is 24.5 Å². The Kier molecular flexibility index (Phi) is 16.0. The number of unbranched alkanes of at least 4 members (excludes halogenated alkanes) is 9. The molecule has 3 N–H and O–H groups in total. The van der Waals surface area contributed by atoms with Crippen molar-refractivity contribution in [2.24, 2.45) is 0 Å². The van der Waals surface area contributed by atoms with E-state index >= 15 is 0 Å². The van der Waals surface area contributed by atoms with Crippen LogP contribution in [0.5, 0.6) is 0 Å². The highest BCUT2D eigenvalue weighted by molar-refractivity contribution is 7.99. The summed E-state index contributed by atoms with van der Waals surface area (Å²) in [5.41, 5.74) is 6.87. The number of hydrogen-bond donors (Lipinski definition) is 2. The predicted molar refractivity (Wildman–Crippen MR) is 169 cm³/mol. The summed E-state index contributed by atoms with van der Waals surface area (Å²) in [5.74, 6) is -0.240. The average molecular weight is 660 g/mol. The highest BCUT2D eigenvalue weighted by atomic mass is 32.2. The molecule has 0 amide bonds. The second kappa shape index (κ2) is 19.4. The van der Waals surface area contributed by atoms with Gasteiger partial charge in [-0.3, -0.25) is 4.57 Å². The standard InChI is InChI=1S/C30H45F3N5O4PS/c1-23(19-38-21-37-28-29(34)35-20-36-30(28)38)41-22-43(39,40)42-14-12-16-44-15-11-9-7-5-3-2-4-6-8-10-13-25-26(32)17-24(31)18-27(25)33/h17-18,20-21,23H,2-16,19,22H2,1H3,(H,39,40)(H2,34,35,36)/t23-/m1/s1. The third-order valence-electron chi connectivity index (χ3n) is 7.20. The van der Waals surface area contributed by atoms with Gasteiger partial charge in [0, 0.05) is 17.7 Å². The molecule has 0 spiro atoms. The van der Waals surface area contributed by atoms with Crippen LogP contribution in [-0.4, -0.2) is 55.0 Å². The zero-order valence-electron chi connectivity index (χ0n) is 25.4. The van der Waals surface area contributed by atoms with Crippen molar-refractivity contribution in [3.05, 3.63) is 47.8 Å². The Morgan fingerprint density at radius 1 is 0.932 bits per heavy atom. The lowest BCUT2D eigenvalue weighted by Crippen LogP contribution is -2.17. The van der Waals surface area contributed by atoms with E-state index in [0.29, 0.717) is 42.8 Å². The van der Waals surface area contributed by atoms with E-state index in [2.05, 4.69) is 15.0 Å². The van der Waals surface area contributed by atoms with Gasteiger partial charge in [-0.2, -0.15) is 11.8 Å². The summed E-state index contributed by atoms with van der Waals surface area (Å²) in [7, 11) is -3.84. The van der Waals surface area contributed by atoms with Gasteiger partial charge in [0.1, 0.15) is 35.6 Å². The fourth-order valence-corrected chi connectivity index (χ4v) is 6.69. The molecule has 2 aromatic heterocycles. The second-order valence-electron chi connectivity index (χ2n) is 11.0. The molecule has 44 heavy (non-hydrogen) atoms. The number of ether oxygens (including phenoxy) is 1. The first kappa shape index (κ1) is 36.3. The van der Waals surface area contributed by atoms with Gasteiger partial charge in [0.25, 0.3) is 0 Å². The highest BCUT2D eigenvalue weighted by Gasteiger charge is 2.21. The fraction of sp³-hybridized carbons (Fsp3) is 0.633. The Morgan fingerprint density at radius 3 is 2.23 bits per heavy atom. The lowest BCUT2D eigenvalue weighted by atomic mass is 10.0. The maximum atomic E-state index is 13.7. The van der Waals surface area contributed by atoms with Crippen LogP contribution in [0.25, 0.3) is 11.2 Å². The summed E-state index contributed by atoms with van der Waals surface area (Å²) < 4.78 is 65.2. The third-order valence-corrected chi connectivity index (χ3v) is 9.42. The van der Waals surface area contributed by atoms with E-state index < -0.39 is 25.0 Å². The Balaban J connectivity index is 1.09. The zero-order chi connectivity index (χ0) is 31.8. The predicted octanol–water partition coefficient (Wildman–Crippen LogP) is 7.66. The molecule has 246 valence electrons. The molecule has 0 saturated heterocycles. The Labute approximate surface area is 262 Å². The van der Waals surface area contributed by atoms with Crippen LogP contribution >= 0.6 is 19.4 Å². The molecule has 0 aliphatic rings. The molecule has 9 nitrogen and oxygen atoms in total. The van der Waals surface area contributed by atoms with Crippen LogP contribution in [-0.2, 0) is 26.8 Å². The van der Waals surface area contributed by atoms with Crippen molar-refractivity contribution in [1.29, 1.82) is 0 Å². The molecule has 14 heteroatoms. The number of aromatic nitrogens is 4. The van der Waals surface area contributed by atoms with E-state index in [-0.39, 0.29) is 24.6 Å². The fourth-order valence-electron chi connectivity index (χ4n) is 4.82. The van der Waals surface area contributed by atoms with Gasteiger partial charge in [0.05, 0.1) is 25.6 Å². The zero-order valence-corrected chi connectivity index (χ0v) is 27.1. The van der Waals surface area contributed by atoms with Gasteiger partial charge in [0.2, 0.25) is 0 Å². The minimum Gasteiger partial charge on any atom is -0.382 e. The number of thioether (sulfide) groups is 1. The molecule has 3 aromatic rings. The molecule has 0 bridgehead atoms. The summed E-state index contributed by atoms with van der Waals surface area (Å²) in [6.07, 6.45) is 14.1. The van der Waals surface area contributed by atoms with Gasteiger partial charge in [-0.1, -0.05) is 51.4 Å². The molecule has 0 saturated carbocycles. The smallest absolute Gasteiger partial charge is 0.353 e. The van der Waals surface area contributed by atoms with Crippen molar-refractivity contribution in [2.75, 3.05) is 30.2 Å². The first-order valence-electron chi connectivity index (χ1n) is 15.4. The van der Waals surface area contributed by atoms with E-state index in [1.165, 1.54) is 38.4 Å². The molecule has 0 radical (unpaired) electrons. The maximum Gasteiger partial charge on any atom is 0.353 e. The first-order chi connectivity index (χ1) is 21.2. The molecule has 2 atom stereocenters. The van der Waals surface area contributed by atoms with Gasteiger partial charge in [-0.05, 0) is 44.1 Å². The van der Waals surface area contributed by atoms with Crippen molar-refractivity contribution >= 4 is 36.3 Å². The van der Waals surface area contributed by atoms with Crippen LogP contribution in [0.15, 0.2) is 24.8 Å². The molecule has 0 aliphatic heterocycles. The van der Waals surface area contributed by atoms with Crippen molar-refractivity contribution < 1.29 is 31.9 Å². The topological polar surface area (TPSA) is 125 Å². The number of halogens is 3. The SMILES string of the molecule is C[C@H](Cn1cnc2c(N)ncnc21)OCP(=O)(O)OCCCSCCCCCCCCCCCCc1c(F)cc(F)cc1F. The molecule has 2 heterocycles. The molecular formula is C30H45F3N5O4PS. The number of anilines is 1. The number of benzene rings is 1. The second-order valence-corrected chi connectivity index (χ2v) is 14.0. The van der Waals surface area contributed by atoms with Crippen LogP contribution in [0, 0.1) is 17.5 Å². The number of nitrogens with zero attached hydrogens (tertiary/aromatic N) is 4. The van der Waals surface area contributed by atoms with Crippen LogP contribution in [0.2, 0.25) is 0 Å². The Bertz CT molecular complexity index is 1310. The Morgan fingerprint density at radius 2 is 1.55 bits per heavy atom. The van der Waals surface area contributed by atoms with Gasteiger partial charge in [0.15, 0.2) is 11.5 Å². The van der Waals surface area contributed by atoms with Gasteiger partial charge in [-0.15, -0.1) is 0 Å². The van der Waals surface area contributed by atoms with Crippen LogP contribution in [0.1, 0.15) is 83.1 Å². The average Bonchev–Trinajstić information content (AvgIpc) is 3.38. The minimum absolute atomic E-state index is 0.0129. The number of nitrogens with two attached hydrogens (primary N) is 1. The number of nitrogen functional groups attached to an aromatic ring is 1.